The van der Waals surface area contributed by atoms with Crippen molar-refractivity contribution in [3.8, 4) is 0 Å². The van der Waals surface area contributed by atoms with Gasteiger partial charge in [0.1, 0.15) is 5.52 Å². The zero-order chi connectivity index (χ0) is 19.8. The van der Waals surface area contributed by atoms with Crippen LogP contribution in [0.1, 0.15) is 6.42 Å². The Bertz CT molecular complexity index is 1360. The monoisotopic (exact) mass is 400 g/mol. The number of halogens is 1. The Labute approximate surface area is 172 Å². The fourth-order valence-electron chi connectivity index (χ4n) is 3.58. The number of hydrogen-bond donors (Lipinski definition) is 1. The second kappa shape index (κ2) is 7.18. The van der Waals surface area contributed by atoms with E-state index in [2.05, 4.69) is 9.88 Å². The lowest BCUT2D eigenvalue weighted by Gasteiger charge is -2.08. The number of hydrogen-bond acceptors (Lipinski definition) is 3. The van der Waals surface area contributed by atoms with Gasteiger partial charge in [0.25, 0.3) is 0 Å². The summed E-state index contributed by atoms with van der Waals surface area (Å²) in [5.74, 6) is -0.0630. The van der Waals surface area contributed by atoms with Crippen molar-refractivity contribution in [2.24, 2.45) is 0 Å². The van der Waals surface area contributed by atoms with Crippen LogP contribution >= 0.6 is 11.6 Å². The van der Waals surface area contributed by atoms with Crippen LogP contribution in [-0.4, -0.2) is 20.4 Å². The molecule has 5 rings (SSSR count). The number of benzene rings is 3. The van der Waals surface area contributed by atoms with Crippen LogP contribution in [-0.2, 0) is 11.3 Å². The molecule has 0 aliphatic carbocycles. The summed E-state index contributed by atoms with van der Waals surface area (Å²) < 4.78 is 2.07. The van der Waals surface area contributed by atoms with Gasteiger partial charge >= 0.3 is 0 Å². The number of carbonyl (C=O) groups is 1. The molecule has 5 nitrogen and oxygen atoms in total. The summed E-state index contributed by atoms with van der Waals surface area (Å²) in [5, 5.41) is 4.59. The van der Waals surface area contributed by atoms with Crippen molar-refractivity contribution in [2.75, 3.05) is 5.32 Å². The number of amides is 1. The molecule has 5 aromatic rings. The standard InChI is InChI=1S/C23H17ClN4O/c24-15-9-11-16(12-10-15)25-21(29)13-14-28-20-8-4-1-5-17(20)22-23(28)27-19-7-3-2-6-18(19)26-22/h1-12H,13-14H2,(H,25,29). The summed E-state index contributed by atoms with van der Waals surface area (Å²) >= 11 is 5.90. The van der Waals surface area contributed by atoms with Gasteiger partial charge in [-0.15, -0.1) is 0 Å². The van der Waals surface area contributed by atoms with Gasteiger partial charge in [0.05, 0.1) is 16.6 Å². The molecular weight excluding hydrogens is 384 g/mol. The Balaban J connectivity index is 1.50. The lowest BCUT2D eigenvalue weighted by molar-refractivity contribution is -0.116. The lowest BCUT2D eigenvalue weighted by Crippen LogP contribution is -2.14. The highest BCUT2D eigenvalue weighted by Crippen LogP contribution is 2.28. The van der Waals surface area contributed by atoms with E-state index in [9.17, 15) is 4.79 Å². The Morgan fingerprint density at radius 3 is 2.38 bits per heavy atom. The van der Waals surface area contributed by atoms with E-state index in [0.717, 1.165) is 38.8 Å². The summed E-state index contributed by atoms with van der Waals surface area (Å²) in [5.41, 5.74) is 5.11. The molecule has 0 fully saturated rings. The normalized spacial score (nSPS) is 11.3. The third-order valence-corrected chi connectivity index (χ3v) is 5.20. The molecule has 142 valence electrons. The van der Waals surface area contributed by atoms with Crippen LogP contribution in [0.2, 0.25) is 5.02 Å². The fourth-order valence-corrected chi connectivity index (χ4v) is 3.71. The van der Waals surface area contributed by atoms with Gasteiger partial charge in [0.2, 0.25) is 5.91 Å². The van der Waals surface area contributed by atoms with E-state index in [1.165, 1.54) is 0 Å². The maximum Gasteiger partial charge on any atom is 0.226 e. The van der Waals surface area contributed by atoms with E-state index in [1.54, 1.807) is 24.3 Å². The smallest absolute Gasteiger partial charge is 0.226 e. The number of anilines is 1. The molecule has 2 heterocycles. The minimum absolute atomic E-state index is 0.0630. The van der Waals surface area contributed by atoms with E-state index in [1.807, 2.05) is 48.5 Å². The predicted octanol–water partition coefficient (Wildman–Crippen LogP) is 5.42. The van der Waals surface area contributed by atoms with Gasteiger partial charge in [-0.1, -0.05) is 41.9 Å². The summed E-state index contributed by atoms with van der Waals surface area (Å²) in [6, 6.07) is 23.0. The highest BCUT2D eigenvalue weighted by atomic mass is 35.5. The molecule has 1 amide bonds. The zero-order valence-electron chi connectivity index (χ0n) is 15.5. The number of nitrogens with zero attached hydrogens (tertiary/aromatic N) is 3. The maximum atomic E-state index is 12.5. The van der Waals surface area contributed by atoms with Crippen LogP contribution in [0, 0.1) is 0 Å². The van der Waals surface area contributed by atoms with E-state index in [0.29, 0.717) is 18.0 Å². The molecule has 0 radical (unpaired) electrons. The third-order valence-electron chi connectivity index (χ3n) is 4.95. The summed E-state index contributed by atoms with van der Waals surface area (Å²) in [6.07, 6.45) is 0.324. The molecule has 29 heavy (non-hydrogen) atoms. The molecule has 0 spiro atoms. The van der Waals surface area contributed by atoms with Gasteiger partial charge in [-0.2, -0.15) is 0 Å². The molecule has 0 saturated heterocycles. The number of aryl methyl sites for hydroxylation is 1. The number of fused-ring (bicyclic) bond motifs is 4. The molecule has 0 aliphatic heterocycles. The first-order valence-electron chi connectivity index (χ1n) is 9.38. The van der Waals surface area contributed by atoms with Crippen LogP contribution in [0.15, 0.2) is 72.8 Å². The minimum atomic E-state index is -0.0630. The lowest BCUT2D eigenvalue weighted by atomic mass is 10.2. The third kappa shape index (κ3) is 3.30. The molecule has 0 saturated carbocycles. The van der Waals surface area contributed by atoms with Crippen molar-refractivity contribution in [3.05, 3.63) is 77.8 Å². The van der Waals surface area contributed by atoms with Gasteiger partial charge in [0.15, 0.2) is 5.65 Å². The van der Waals surface area contributed by atoms with Crippen LogP contribution in [0.25, 0.3) is 33.1 Å². The van der Waals surface area contributed by atoms with Crippen LogP contribution in [0.5, 0.6) is 0 Å². The largest absolute Gasteiger partial charge is 0.326 e. The van der Waals surface area contributed by atoms with E-state index in [4.69, 9.17) is 21.6 Å². The number of nitrogens with one attached hydrogen (secondary N) is 1. The molecule has 0 unspecified atom stereocenters. The number of carbonyl (C=O) groups excluding carboxylic acids is 1. The van der Waals surface area contributed by atoms with Crippen LogP contribution in [0.4, 0.5) is 5.69 Å². The SMILES string of the molecule is O=C(CCn1c2ccccc2c2nc3ccccc3nc21)Nc1ccc(Cl)cc1. The first-order chi connectivity index (χ1) is 14.2. The second-order valence-corrected chi connectivity index (χ2v) is 7.29. The van der Waals surface area contributed by atoms with E-state index >= 15 is 0 Å². The average Bonchev–Trinajstić information content (AvgIpc) is 3.05. The number of rotatable bonds is 4. The second-order valence-electron chi connectivity index (χ2n) is 6.86. The van der Waals surface area contributed by atoms with Crippen molar-refractivity contribution >= 4 is 56.3 Å². The Morgan fingerprint density at radius 2 is 1.59 bits per heavy atom. The number of aromatic nitrogens is 3. The summed E-state index contributed by atoms with van der Waals surface area (Å²) in [4.78, 5) is 22.2. The topological polar surface area (TPSA) is 59.8 Å². The van der Waals surface area contributed by atoms with Gasteiger partial charge in [-0.25, -0.2) is 9.97 Å². The maximum absolute atomic E-state index is 12.5. The highest BCUT2D eigenvalue weighted by Gasteiger charge is 2.15. The molecule has 1 N–H and O–H groups in total. The molecule has 0 aliphatic rings. The van der Waals surface area contributed by atoms with Crippen molar-refractivity contribution in [2.45, 2.75) is 13.0 Å². The summed E-state index contributed by atoms with van der Waals surface area (Å²) in [7, 11) is 0. The van der Waals surface area contributed by atoms with Gasteiger partial charge in [0, 0.05) is 29.1 Å². The summed E-state index contributed by atoms with van der Waals surface area (Å²) in [6.45, 7) is 0.510. The van der Waals surface area contributed by atoms with Crippen molar-refractivity contribution in [1.82, 2.24) is 14.5 Å². The molecule has 6 heteroatoms. The minimum Gasteiger partial charge on any atom is -0.326 e. The van der Waals surface area contributed by atoms with Crippen molar-refractivity contribution in [1.29, 1.82) is 0 Å². The number of para-hydroxylation sites is 3. The Morgan fingerprint density at radius 1 is 0.897 bits per heavy atom. The van der Waals surface area contributed by atoms with E-state index in [-0.39, 0.29) is 5.91 Å². The average molecular weight is 401 g/mol. The van der Waals surface area contributed by atoms with Crippen LogP contribution < -0.4 is 5.32 Å². The Hall–Kier alpha value is -3.44. The molecular formula is C23H17ClN4O. The quantitative estimate of drug-likeness (QED) is 0.438. The van der Waals surface area contributed by atoms with E-state index < -0.39 is 0 Å². The predicted molar refractivity (Wildman–Crippen MR) is 117 cm³/mol. The Kier molecular flexibility index (Phi) is 4.37. The van der Waals surface area contributed by atoms with Crippen molar-refractivity contribution in [3.63, 3.8) is 0 Å². The van der Waals surface area contributed by atoms with Crippen molar-refractivity contribution < 1.29 is 4.79 Å². The molecule has 3 aromatic carbocycles. The van der Waals surface area contributed by atoms with Gasteiger partial charge in [-0.05, 0) is 42.5 Å². The first kappa shape index (κ1) is 17.6. The first-order valence-corrected chi connectivity index (χ1v) is 9.76. The highest BCUT2D eigenvalue weighted by molar-refractivity contribution is 6.30. The molecule has 0 bridgehead atoms. The molecule has 0 atom stereocenters. The zero-order valence-corrected chi connectivity index (χ0v) is 16.2. The molecule has 2 aromatic heterocycles. The van der Waals surface area contributed by atoms with Gasteiger partial charge < -0.3 is 9.88 Å². The van der Waals surface area contributed by atoms with Crippen LogP contribution in [0.3, 0.4) is 0 Å². The van der Waals surface area contributed by atoms with Gasteiger partial charge in [-0.3, -0.25) is 4.79 Å². The fraction of sp³-hybridized carbons (Fsp3) is 0.0870.